The number of ether oxygens (including phenoxy) is 1. The standard InChI is InChI=1S/C15H23ClN2O3/c1-15(2,3)21-14(20)18-9-8-12(17)13(19)10-6-4-5-7-11(10)16/h4-7,12-13,19H,8-9,17H2,1-3H3,(H,18,20). The second-order valence-corrected chi connectivity index (χ2v) is 6.25. The van der Waals surface area contributed by atoms with Gasteiger partial charge in [0.15, 0.2) is 0 Å². The van der Waals surface area contributed by atoms with Crippen molar-refractivity contribution < 1.29 is 14.6 Å². The summed E-state index contributed by atoms with van der Waals surface area (Å²) in [7, 11) is 0. The third-order valence-corrected chi connectivity index (χ3v) is 3.12. The van der Waals surface area contributed by atoms with Crippen molar-refractivity contribution in [1.29, 1.82) is 0 Å². The van der Waals surface area contributed by atoms with Crippen LogP contribution in [0.3, 0.4) is 0 Å². The molecule has 0 bridgehead atoms. The Hall–Kier alpha value is -1.30. The highest BCUT2D eigenvalue weighted by atomic mass is 35.5. The average Bonchev–Trinajstić information content (AvgIpc) is 2.36. The molecule has 0 saturated heterocycles. The SMILES string of the molecule is CC(C)(C)OC(=O)NCCC(N)C(O)c1ccccc1Cl. The molecule has 0 radical (unpaired) electrons. The number of nitrogens with two attached hydrogens (primary N) is 1. The Morgan fingerprint density at radius 2 is 2.05 bits per heavy atom. The zero-order valence-corrected chi connectivity index (χ0v) is 13.4. The van der Waals surface area contributed by atoms with Crippen LogP contribution in [0, 0.1) is 0 Å². The number of hydrogen-bond donors (Lipinski definition) is 3. The Bertz CT molecular complexity index is 474. The van der Waals surface area contributed by atoms with Crippen LogP contribution in [0.4, 0.5) is 4.79 Å². The number of nitrogens with one attached hydrogen (secondary N) is 1. The van der Waals surface area contributed by atoms with Crippen molar-refractivity contribution in [1.82, 2.24) is 5.32 Å². The normalized spacial score (nSPS) is 14.4. The van der Waals surface area contributed by atoms with Gasteiger partial charge in [0, 0.05) is 23.2 Å². The summed E-state index contributed by atoms with van der Waals surface area (Å²) in [5, 5.41) is 13.2. The molecule has 0 spiro atoms. The quantitative estimate of drug-likeness (QED) is 0.780. The minimum Gasteiger partial charge on any atom is -0.444 e. The number of carbonyl (C=O) groups is 1. The zero-order chi connectivity index (χ0) is 16.0. The highest BCUT2D eigenvalue weighted by Crippen LogP contribution is 2.25. The summed E-state index contributed by atoms with van der Waals surface area (Å²) < 4.78 is 5.11. The van der Waals surface area contributed by atoms with Crippen LogP contribution >= 0.6 is 11.6 Å². The summed E-state index contributed by atoms with van der Waals surface area (Å²) in [5.74, 6) is 0. The van der Waals surface area contributed by atoms with Gasteiger partial charge in [0.2, 0.25) is 0 Å². The predicted molar refractivity (Wildman–Crippen MR) is 83.2 cm³/mol. The lowest BCUT2D eigenvalue weighted by atomic mass is 10.0. The van der Waals surface area contributed by atoms with E-state index in [9.17, 15) is 9.90 Å². The lowest BCUT2D eigenvalue weighted by Crippen LogP contribution is -2.37. The number of carbonyl (C=O) groups excluding carboxylic acids is 1. The van der Waals surface area contributed by atoms with E-state index in [4.69, 9.17) is 22.1 Å². The molecule has 5 nitrogen and oxygen atoms in total. The predicted octanol–water partition coefficient (Wildman–Crippen LogP) is 2.62. The third-order valence-electron chi connectivity index (χ3n) is 2.78. The Labute approximate surface area is 130 Å². The van der Waals surface area contributed by atoms with Crippen LogP contribution in [0.5, 0.6) is 0 Å². The van der Waals surface area contributed by atoms with Gasteiger partial charge in [-0.05, 0) is 33.3 Å². The van der Waals surface area contributed by atoms with Gasteiger partial charge in [0.05, 0.1) is 6.10 Å². The number of aliphatic hydroxyl groups is 1. The second-order valence-electron chi connectivity index (χ2n) is 5.85. The molecule has 0 saturated carbocycles. The number of hydrogen-bond acceptors (Lipinski definition) is 4. The molecule has 0 aliphatic carbocycles. The highest BCUT2D eigenvalue weighted by Gasteiger charge is 2.20. The minimum atomic E-state index is -0.876. The summed E-state index contributed by atoms with van der Waals surface area (Å²) in [6.07, 6.45) is -0.966. The summed E-state index contributed by atoms with van der Waals surface area (Å²) >= 11 is 6.02. The fourth-order valence-electron chi connectivity index (χ4n) is 1.76. The average molecular weight is 315 g/mol. The van der Waals surface area contributed by atoms with Crippen molar-refractivity contribution in [3.8, 4) is 0 Å². The number of alkyl carbamates (subject to hydrolysis) is 1. The molecule has 2 atom stereocenters. The van der Waals surface area contributed by atoms with Crippen molar-refractivity contribution in [2.45, 2.75) is 44.9 Å². The van der Waals surface area contributed by atoms with Gasteiger partial charge in [-0.3, -0.25) is 0 Å². The lowest BCUT2D eigenvalue weighted by Gasteiger charge is -2.22. The van der Waals surface area contributed by atoms with E-state index in [1.165, 1.54) is 0 Å². The number of halogens is 1. The van der Waals surface area contributed by atoms with Crippen molar-refractivity contribution in [2.75, 3.05) is 6.54 Å². The molecule has 0 aliphatic rings. The number of amides is 1. The summed E-state index contributed by atoms with van der Waals surface area (Å²) in [6, 6.07) is 6.48. The van der Waals surface area contributed by atoms with Gasteiger partial charge in [-0.25, -0.2) is 4.79 Å². The van der Waals surface area contributed by atoms with Crippen molar-refractivity contribution >= 4 is 17.7 Å². The maximum Gasteiger partial charge on any atom is 0.407 e. The van der Waals surface area contributed by atoms with Crippen LogP contribution in [0.25, 0.3) is 0 Å². The minimum absolute atomic E-state index is 0.317. The Balaban J connectivity index is 2.42. The number of aliphatic hydroxyl groups excluding tert-OH is 1. The molecule has 0 fully saturated rings. The van der Waals surface area contributed by atoms with E-state index in [0.29, 0.717) is 23.6 Å². The first-order chi connectivity index (χ1) is 9.70. The number of benzene rings is 1. The van der Waals surface area contributed by atoms with Crippen molar-refractivity contribution in [3.05, 3.63) is 34.9 Å². The first kappa shape index (κ1) is 17.8. The monoisotopic (exact) mass is 314 g/mol. The smallest absolute Gasteiger partial charge is 0.407 e. The topological polar surface area (TPSA) is 84.6 Å². The molecule has 1 aromatic carbocycles. The molecule has 1 aromatic rings. The van der Waals surface area contributed by atoms with Crippen LogP contribution < -0.4 is 11.1 Å². The van der Waals surface area contributed by atoms with E-state index >= 15 is 0 Å². The molecule has 6 heteroatoms. The summed E-state index contributed by atoms with van der Waals surface area (Å²) in [6.45, 7) is 5.69. The molecule has 0 heterocycles. The van der Waals surface area contributed by atoms with E-state index < -0.39 is 23.8 Å². The van der Waals surface area contributed by atoms with Gasteiger partial charge < -0.3 is 20.9 Å². The molecular weight excluding hydrogens is 292 g/mol. The van der Waals surface area contributed by atoms with Crippen LogP contribution in [-0.2, 0) is 4.74 Å². The van der Waals surface area contributed by atoms with Crippen LogP contribution in [0.2, 0.25) is 5.02 Å². The molecule has 0 aliphatic heterocycles. The molecule has 2 unspecified atom stereocenters. The zero-order valence-electron chi connectivity index (χ0n) is 12.6. The fourth-order valence-corrected chi connectivity index (χ4v) is 2.01. The maximum atomic E-state index is 11.5. The van der Waals surface area contributed by atoms with Crippen LogP contribution in [0.15, 0.2) is 24.3 Å². The van der Waals surface area contributed by atoms with Gasteiger partial charge in [0.1, 0.15) is 5.60 Å². The van der Waals surface area contributed by atoms with Gasteiger partial charge in [0.25, 0.3) is 0 Å². The third kappa shape index (κ3) is 6.33. The fraction of sp³-hybridized carbons (Fsp3) is 0.533. The number of rotatable bonds is 5. The molecule has 21 heavy (non-hydrogen) atoms. The van der Waals surface area contributed by atoms with E-state index in [-0.39, 0.29) is 0 Å². The second kappa shape index (κ2) is 7.64. The Morgan fingerprint density at radius 1 is 1.43 bits per heavy atom. The van der Waals surface area contributed by atoms with Gasteiger partial charge in [-0.2, -0.15) is 0 Å². The van der Waals surface area contributed by atoms with E-state index in [0.717, 1.165) is 0 Å². The van der Waals surface area contributed by atoms with Crippen LogP contribution in [-0.4, -0.2) is 29.4 Å². The lowest BCUT2D eigenvalue weighted by molar-refractivity contribution is 0.0521. The first-order valence-electron chi connectivity index (χ1n) is 6.85. The molecular formula is C15H23ClN2O3. The summed E-state index contributed by atoms with van der Waals surface area (Å²) in [4.78, 5) is 11.5. The molecule has 4 N–H and O–H groups in total. The Morgan fingerprint density at radius 3 is 2.62 bits per heavy atom. The summed E-state index contributed by atoms with van der Waals surface area (Å²) in [5.41, 5.74) is 5.98. The molecule has 118 valence electrons. The molecule has 0 aromatic heterocycles. The van der Waals surface area contributed by atoms with E-state index in [1.807, 2.05) is 0 Å². The van der Waals surface area contributed by atoms with E-state index in [2.05, 4.69) is 5.32 Å². The van der Waals surface area contributed by atoms with E-state index in [1.54, 1.807) is 45.0 Å². The van der Waals surface area contributed by atoms with Crippen molar-refractivity contribution in [2.24, 2.45) is 5.73 Å². The molecule has 1 rings (SSSR count). The van der Waals surface area contributed by atoms with Gasteiger partial charge >= 0.3 is 6.09 Å². The highest BCUT2D eigenvalue weighted by molar-refractivity contribution is 6.31. The van der Waals surface area contributed by atoms with Gasteiger partial charge in [-0.15, -0.1) is 0 Å². The first-order valence-corrected chi connectivity index (χ1v) is 7.23. The Kier molecular flexibility index (Phi) is 6.45. The van der Waals surface area contributed by atoms with Crippen LogP contribution in [0.1, 0.15) is 38.9 Å². The van der Waals surface area contributed by atoms with Crippen molar-refractivity contribution in [3.63, 3.8) is 0 Å². The largest absolute Gasteiger partial charge is 0.444 e. The maximum absolute atomic E-state index is 11.5. The molecule has 1 amide bonds. The van der Waals surface area contributed by atoms with Gasteiger partial charge in [-0.1, -0.05) is 29.8 Å².